The third-order valence-corrected chi connectivity index (χ3v) is 0.437. The van der Waals surface area contributed by atoms with Crippen LogP contribution in [0.2, 0.25) is 0 Å². The molecule has 0 saturated heterocycles. The maximum Gasteiger partial charge on any atom is 0.277 e. The molecule has 1 radical (unpaired) electrons. The van der Waals surface area contributed by atoms with Crippen molar-refractivity contribution in [2.45, 2.75) is 6.92 Å². The lowest BCUT2D eigenvalue weighted by Gasteiger charge is -1.76. The van der Waals surface area contributed by atoms with Crippen LogP contribution >= 0.6 is 0 Å². The van der Waals surface area contributed by atoms with Gasteiger partial charge in [0.25, 0.3) is 6.08 Å². The molecule has 0 unspecified atom stereocenters. The minimum atomic E-state index is -1.96. The molecule has 0 aliphatic carbocycles. The van der Waals surface area contributed by atoms with Gasteiger partial charge in [0, 0.05) is 0 Å². The van der Waals surface area contributed by atoms with Crippen molar-refractivity contribution in [3.8, 4) is 0 Å². The van der Waals surface area contributed by atoms with Crippen LogP contribution in [0.25, 0.3) is 0 Å². The molecule has 39 valence electrons. The van der Waals surface area contributed by atoms with Crippen LogP contribution in [0.4, 0.5) is 8.78 Å². The minimum absolute atomic E-state index is 0.625. The fraction of sp³-hybridized carbons (Fsp3) is 0.250. The number of halogens is 2. The molecule has 0 heterocycles. The van der Waals surface area contributed by atoms with Crippen molar-refractivity contribution in [2.24, 2.45) is 0 Å². The molecule has 1 nitrogen and oxygen atoms in total. The smallest absolute Gasteiger partial charge is 0.277 e. The topological polar surface area (TPSA) is 17.1 Å². The summed E-state index contributed by atoms with van der Waals surface area (Å²) in [6.45, 7) is 1.00. The molecule has 7 heavy (non-hydrogen) atoms. The lowest BCUT2D eigenvalue weighted by atomic mass is 10.4. The molecule has 0 amide bonds. The Morgan fingerprint density at radius 2 is 2.00 bits per heavy atom. The molecular formula is C4H3F2O. The zero-order chi connectivity index (χ0) is 5.86. The van der Waals surface area contributed by atoms with Gasteiger partial charge in [-0.1, -0.05) is 0 Å². The van der Waals surface area contributed by atoms with Gasteiger partial charge in [-0.05, 0) is 6.92 Å². The second kappa shape index (κ2) is 2.44. The Balaban J connectivity index is 3.98. The molecule has 0 aliphatic heterocycles. The molecule has 0 aliphatic rings. The third kappa shape index (κ3) is 2.03. The van der Waals surface area contributed by atoms with Crippen LogP contribution in [0.3, 0.4) is 0 Å². The zero-order valence-electron chi connectivity index (χ0n) is 3.66. The quantitative estimate of drug-likeness (QED) is 0.459. The highest BCUT2D eigenvalue weighted by Gasteiger charge is 1.94. The van der Waals surface area contributed by atoms with E-state index < -0.39 is 11.7 Å². The summed E-state index contributed by atoms with van der Waals surface area (Å²) in [6, 6.07) is 0. The highest BCUT2D eigenvalue weighted by molar-refractivity contribution is 5.73. The van der Waals surface area contributed by atoms with Gasteiger partial charge in [-0.3, -0.25) is 4.79 Å². The molecule has 0 rings (SSSR count). The molecule has 3 heteroatoms. The van der Waals surface area contributed by atoms with Crippen molar-refractivity contribution in [1.82, 2.24) is 0 Å². The predicted molar refractivity (Wildman–Crippen MR) is 20.6 cm³/mol. The van der Waals surface area contributed by atoms with Gasteiger partial charge in [-0.25, -0.2) is 0 Å². The van der Waals surface area contributed by atoms with Gasteiger partial charge in [0.2, 0.25) is 6.29 Å². The van der Waals surface area contributed by atoms with E-state index in [4.69, 9.17) is 0 Å². The van der Waals surface area contributed by atoms with Gasteiger partial charge >= 0.3 is 0 Å². The van der Waals surface area contributed by atoms with Gasteiger partial charge < -0.3 is 0 Å². The molecule has 0 atom stereocenters. The lowest BCUT2D eigenvalue weighted by molar-refractivity contribution is 0.414. The fourth-order valence-corrected chi connectivity index (χ4v) is 0.0386. The van der Waals surface area contributed by atoms with Gasteiger partial charge in [0.15, 0.2) is 0 Å². The summed E-state index contributed by atoms with van der Waals surface area (Å²) in [6.07, 6.45) is -0.919. The molecule has 0 aromatic heterocycles. The van der Waals surface area contributed by atoms with E-state index in [0.717, 1.165) is 13.2 Å². The molecule has 0 N–H and O–H groups in total. The number of hydrogen-bond acceptors (Lipinski definition) is 1. The first-order chi connectivity index (χ1) is 3.18. The van der Waals surface area contributed by atoms with Crippen LogP contribution < -0.4 is 0 Å². The highest BCUT2D eigenvalue weighted by atomic mass is 19.3. The second-order valence-electron chi connectivity index (χ2n) is 0.987. The Bertz CT molecular complexity index is 102. The predicted octanol–water partition coefficient (Wildman–Crippen LogP) is 1.27. The summed E-state index contributed by atoms with van der Waals surface area (Å²) in [7, 11) is 0. The van der Waals surface area contributed by atoms with Crippen LogP contribution in [-0.4, -0.2) is 6.29 Å². The van der Waals surface area contributed by atoms with Crippen molar-refractivity contribution in [2.75, 3.05) is 0 Å². The van der Waals surface area contributed by atoms with Crippen molar-refractivity contribution in [3.63, 3.8) is 0 Å². The Morgan fingerprint density at radius 1 is 1.57 bits per heavy atom. The number of rotatable bonds is 1. The average Bonchev–Trinajstić information content (AvgIpc) is 1.65. The van der Waals surface area contributed by atoms with E-state index >= 15 is 0 Å². The van der Waals surface area contributed by atoms with Crippen molar-refractivity contribution in [3.05, 3.63) is 11.7 Å². The minimum Gasteiger partial charge on any atom is -0.285 e. The second-order valence-corrected chi connectivity index (χ2v) is 0.987. The van der Waals surface area contributed by atoms with E-state index in [0.29, 0.717) is 0 Å². The summed E-state index contributed by atoms with van der Waals surface area (Å²) < 4.78 is 22.1. The number of allylic oxidation sites excluding steroid dienone is 1. The molecule has 0 aromatic rings. The molecule has 0 spiro atoms. The van der Waals surface area contributed by atoms with E-state index in [1.807, 2.05) is 0 Å². The number of carbonyl (C=O) groups excluding carboxylic acids is 1. The largest absolute Gasteiger partial charge is 0.285 e. The first kappa shape index (κ1) is 6.27. The summed E-state index contributed by atoms with van der Waals surface area (Å²) in [5, 5.41) is 0. The fourth-order valence-electron chi connectivity index (χ4n) is 0.0386. The first-order valence-electron chi connectivity index (χ1n) is 1.58. The summed E-state index contributed by atoms with van der Waals surface area (Å²) in [4.78, 5) is 9.28. The zero-order valence-corrected chi connectivity index (χ0v) is 3.66. The monoisotopic (exact) mass is 105 g/mol. The van der Waals surface area contributed by atoms with Crippen LogP contribution in [-0.2, 0) is 4.79 Å². The normalized spacial score (nSPS) is 7.86. The maximum atomic E-state index is 11.0. The van der Waals surface area contributed by atoms with Gasteiger partial charge in [-0.15, -0.1) is 0 Å². The summed E-state index contributed by atoms with van der Waals surface area (Å²) in [5.41, 5.74) is -0.625. The van der Waals surface area contributed by atoms with Gasteiger partial charge in [-0.2, -0.15) is 8.78 Å². The lowest BCUT2D eigenvalue weighted by Crippen LogP contribution is -1.75. The van der Waals surface area contributed by atoms with Crippen LogP contribution in [0.1, 0.15) is 6.92 Å². The van der Waals surface area contributed by atoms with Crippen molar-refractivity contribution >= 4 is 6.29 Å². The number of hydrogen-bond donors (Lipinski definition) is 0. The third-order valence-electron chi connectivity index (χ3n) is 0.437. The van der Waals surface area contributed by atoms with Crippen molar-refractivity contribution in [1.29, 1.82) is 0 Å². The first-order valence-corrected chi connectivity index (χ1v) is 1.58. The van der Waals surface area contributed by atoms with E-state index in [-0.39, 0.29) is 0 Å². The Kier molecular flexibility index (Phi) is 2.19. The van der Waals surface area contributed by atoms with Crippen LogP contribution in [0.15, 0.2) is 11.7 Å². The van der Waals surface area contributed by atoms with Gasteiger partial charge in [0.1, 0.15) is 0 Å². The molecule has 0 aromatic carbocycles. The van der Waals surface area contributed by atoms with Crippen LogP contribution in [0.5, 0.6) is 0 Å². The Morgan fingerprint density at radius 3 is 2.00 bits per heavy atom. The SMILES string of the molecule is CC([C]=O)=C(F)F. The Hall–Kier alpha value is -0.730. The van der Waals surface area contributed by atoms with Gasteiger partial charge in [0.05, 0.1) is 5.57 Å². The van der Waals surface area contributed by atoms with Crippen molar-refractivity contribution < 1.29 is 13.6 Å². The maximum absolute atomic E-state index is 11.0. The summed E-state index contributed by atoms with van der Waals surface area (Å²) in [5.74, 6) is 0. The van der Waals surface area contributed by atoms with E-state index in [9.17, 15) is 13.6 Å². The molecule has 0 bridgehead atoms. The van der Waals surface area contributed by atoms with E-state index in [1.165, 1.54) is 0 Å². The van der Waals surface area contributed by atoms with Crippen LogP contribution in [0, 0.1) is 0 Å². The highest BCUT2D eigenvalue weighted by Crippen LogP contribution is 2.01. The average molecular weight is 105 g/mol. The summed E-state index contributed by atoms with van der Waals surface area (Å²) >= 11 is 0. The molecule has 0 fully saturated rings. The van der Waals surface area contributed by atoms with E-state index in [2.05, 4.69) is 0 Å². The molecule has 0 saturated carbocycles. The van der Waals surface area contributed by atoms with E-state index in [1.54, 1.807) is 0 Å². The standard InChI is InChI=1S/C4H3F2O/c1-3(2-7)4(5)6/h1H3. The molecular weight excluding hydrogens is 102 g/mol. The Labute approximate surface area is 39.6 Å².